The Bertz CT molecular complexity index is 711. The standard InChI is InChI=1S/C20H25BrN2O2/c1-15(25-17-11-9-16(21)10-12-17)20(24)23-14-5-3-4-7-19(23)18-8-6-13-22(18)2/h6,8-13,15,19H,3-5,7,14H2,1-2H3. The number of aromatic nitrogens is 1. The zero-order valence-electron chi connectivity index (χ0n) is 14.8. The Labute approximate surface area is 157 Å². The minimum atomic E-state index is -0.498. The molecule has 0 spiro atoms. The Morgan fingerprint density at radius 3 is 2.64 bits per heavy atom. The fourth-order valence-electron chi connectivity index (χ4n) is 3.50. The van der Waals surface area contributed by atoms with Crippen LogP contribution in [-0.4, -0.2) is 28.0 Å². The molecule has 1 aromatic heterocycles. The summed E-state index contributed by atoms with van der Waals surface area (Å²) in [4.78, 5) is 15.1. The van der Waals surface area contributed by atoms with Crippen LogP contribution in [0.25, 0.3) is 0 Å². The van der Waals surface area contributed by atoms with E-state index in [0.717, 1.165) is 30.3 Å². The summed E-state index contributed by atoms with van der Waals surface area (Å²) >= 11 is 3.42. The summed E-state index contributed by atoms with van der Waals surface area (Å²) in [5.41, 5.74) is 1.20. The number of hydrogen-bond donors (Lipinski definition) is 0. The summed E-state index contributed by atoms with van der Waals surface area (Å²) in [5, 5.41) is 0. The summed E-state index contributed by atoms with van der Waals surface area (Å²) in [7, 11) is 2.05. The normalized spacial score (nSPS) is 19.3. The highest BCUT2D eigenvalue weighted by atomic mass is 79.9. The number of amides is 1. The molecule has 0 aliphatic carbocycles. The highest BCUT2D eigenvalue weighted by molar-refractivity contribution is 9.10. The minimum Gasteiger partial charge on any atom is -0.481 e. The first-order chi connectivity index (χ1) is 12.1. The number of halogens is 1. The van der Waals surface area contributed by atoms with Crippen molar-refractivity contribution in [3.63, 3.8) is 0 Å². The highest BCUT2D eigenvalue weighted by Crippen LogP contribution is 2.31. The number of benzene rings is 1. The van der Waals surface area contributed by atoms with Gasteiger partial charge in [0.2, 0.25) is 0 Å². The van der Waals surface area contributed by atoms with Crippen molar-refractivity contribution in [2.24, 2.45) is 7.05 Å². The third kappa shape index (κ3) is 4.27. The smallest absolute Gasteiger partial charge is 0.263 e. The number of carbonyl (C=O) groups excluding carboxylic acids is 1. The van der Waals surface area contributed by atoms with Gasteiger partial charge in [0.25, 0.3) is 5.91 Å². The summed E-state index contributed by atoms with van der Waals surface area (Å²) in [6.45, 7) is 2.64. The molecular weight excluding hydrogens is 380 g/mol. The number of ether oxygens (including phenoxy) is 1. The third-order valence-corrected chi connectivity index (χ3v) is 5.36. The van der Waals surface area contributed by atoms with Gasteiger partial charge in [-0.05, 0) is 56.2 Å². The largest absolute Gasteiger partial charge is 0.481 e. The lowest BCUT2D eigenvalue weighted by atomic mass is 10.1. The molecule has 5 heteroatoms. The van der Waals surface area contributed by atoms with E-state index in [4.69, 9.17) is 4.74 Å². The monoisotopic (exact) mass is 404 g/mol. The fourth-order valence-corrected chi connectivity index (χ4v) is 3.77. The van der Waals surface area contributed by atoms with E-state index in [-0.39, 0.29) is 11.9 Å². The van der Waals surface area contributed by atoms with Crippen LogP contribution in [0, 0.1) is 0 Å². The van der Waals surface area contributed by atoms with Gasteiger partial charge >= 0.3 is 0 Å². The van der Waals surface area contributed by atoms with Crippen LogP contribution >= 0.6 is 15.9 Å². The van der Waals surface area contributed by atoms with Crippen molar-refractivity contribution >= 4 is 21.8 Å². The van der Waals surface area contributed by atoms with Gasteiger partial charge in [-0.15, -0.1) is 0 Å². The molecule has 2 atom stereocenters. The van der Waals surface area contributed by atoms with Crippen molar-refractivity contribution in [2.75, 3.05) is 6.54 Å². The van der Waals surface area contributed by atoms with Gasteiger partial charge in [-0.3, -0.25) is 4.79 Å². The van der Waals surface area contributed by atoms with E-state index in [0.29, 0.717) is 5.75 Å². The van der Waals surface area contributed by atoms with Crippen LogP contribution in [0.4, 0.5) is 0 Å². The molecule has 1 fully saturated rings. The van der Waals surface area contributed by atoms with Gasteiger partial charge in [0.05, 0.1) is 6.04 Å². The Morgan fingerprint density at radius 1 is 1.20 bits per heavy atom. The molecule has 134 valence electrons. The van der Waals surface area contributed by atoms with Crippen molar-refractivity contribution < 1.29 is 9.53 Å². The van der Waals surface area contributed by atoms with Crippen LogP contribution in [0.3, 0.4) is 0 Å². The predicted octanol–water partition coefficient (Wildman–Crippen LogP) is 4.70. The van der Waals surface area contributed by atoms with Gasteiger partial charge in [0.1, 0.15) is 5.75 Å². The molecule has 1 aliphatic heterocycles. The molecule has 2 unspecified atom stereocenters. The number of nitrogens with zero attached hydrogens (tertiary/aromatic N) is 2. The van der Waals surface area contributed by atoms with Crippen molar-refractivity contribution in [3.8, 4) is 5.75 Å². The molecule has 0 radical (unpaired) electrons. The number of carbonyl (C=O) groups is 1. The number of rotatable bonds is 4. The van der Waals surface area contributed by atoms with E-state index in [2.05, 4.69) is 26.6 Å². The molecule has 0 bridgehead atoms. The lowest BCUT2D eigenvalue weighted by molar-refractivity contribution is -0.140. The van der Waals surface area contributed by atoms with Crippen molar-refractivity contribution in [1.29, 1.82) is 0 Å². The predicted molar refractivity (Wildman–Crippen MR) is 103 cm³/mol. The van der Waals surface area contributed by atoms with E-state index >= 15 is 0 Å². The van der Waals surface area contributed by atoms with Crippen molar-refractivity contribution in [2.45, 2.75) is 44.8 Å². The zero-order valence-corrected chi connectivity index (χ0v) is 16.4. The molecule has 2 aromatic rings. The van der Waals surface area contributed by atoms with E-state index < -0.39 is 6.10 Å². The number of aryl methyl sites for hydroxylation is 1. The van der Waals surface area contributed by atoms with Crippen molar-refractivity contribution in [1.82, 2.24) is 9.47 Å². The molecular formula is C20H25BrN2O2. The highest BCUT2D eigenvalue weighted by Gasteiger charge is 2.31. The Morgan fingerprint density at radius 2 is 1.96 bits per heavy atom. The number of likely N-dealkylation sites (tertiary alicyclic amines) is 1. The minimum absolute atomic E-state index is 0.0658. The maximum Gasteiger partial charge on any atom is 0.263 e. The zero-order chi connectivity index (χ0) is 17.8. The molecule has 0 saturated carbocycles. The molecule has 1 amide bonds. The van der Waals surface area contributed by atoms with Crippen LogP contribution in [0.15, 0.2) is 47.1 Å². The molecule has 25 heavy (non-hydrogen) atoms. The fraction of sp³-hybridized carbons (Fsp3) is 0.450. The van der Waals surface area contributed by atoms with Crippen molar-refractivity contribution in [3.05, 3.63) is 52.8 Å². The average Bonchev–Trinajstić information content (AvgIpc) is 2.88. The van der Waals surface area contributed by atoms with Gasteiger partial charge in [-0.25, -0.2) is 0 Å². The second-order valence-electron chi connectivity index (χ2n) is 6.65. The quantitative estimate of drug-likeness (QED) is 0.739. The van der Waals surface area contributed by atoms with Gasteiger partial charge < -0.3 is 14.2 Å². The molecule has 1 aliphatic rings. The maximum atomic E-state index is 13.1. The topological polar surface area (TPSA) is 34.5 Å². The first kappa shape index (κ1) is 18.1. The Balaban J connectivity index is 1.77. The second-order valence-corrected chi connectivity index (χ2v) is 7.57. The summed E-state index contributed by atoms with van der Waals surface area (Å²) in [5.74, 6) is 0.783. The first-order valence-electron chi connectivity index (χ1n) is 8.90. The van der Waals surface area contributed by atoms with Crippen LogP contribution < -0.4 is 4.74 Å². The van der Waals surface area contributed by atoms with Gasteiger partial charge in [0, 0.05) is 30.0 Å². The van der Waals surface area contributed by atoms with Crippen LogP contribution in [0.2, 0.25) is 0 Å². The molecule has 3 rings (SSSR count). The lowest BCUT2D eigenvalue weighted by Crippen LogP contribution is -2.43. The Hall–Kier alpha value is -1.75. The van der Waals surface area contributed by atoms with E-state index in [9.17, 15) is 4.79 Å². The van der Waals surface area contributed by atoms with Gasteiger partial charge in [0.15, 0.2) is 6.10 Å². The molecule has 1 aromatic carbocycles. The third-order valence-electron chi connectivity index (χ3n) is 4.84. The average molecular weight is 405 g/mol. The van der Waals surface area contributed by atoms with Crippen LogP contribution in [0.1, 0.15) is 44.3 Å². The molecule has 2 heterocycles. The Kier molecular flexibility index (Phi) is 5.84. The van der Waals surface area contributed by atoms with Gasteiger partial charge in [-0.1, -0.05) is 28.8 Å². The maximum absolute atomic E-state index is 13.1. The van der Waals surface area contributed by atoms with E-state index in [1.54, 1.807) is 0 Å². The molecule has 0 N–H and O–H groups in total. The van der Waals surface area contributed by atoms with E-state index in [1.165, 1.54) is 12.1 Å². The lowest BCUT2D eigenvalue weighted by Gasteiger charge is -2.32. The number of hydrogen-bond acceptors (Lipinski definition) is 2. The summed E-state index contributed by atoms with van der Waals surface area (Å²) < 4.78 is 9.02. The van der Waals surface area contributed by atoms with Crippen LogP contribution in [-0.2, 0) is 11.8 Å². The molecule has 4 nitrogen and oxygen atoms in total. The second kappa shape index (κ2) is 8.09. The van der Waals surface area contributed by atoms with Crippen LogP contribution in [0.5, 0.6) is 5.75 Å². The summed E-state index contributed by atoms with van der Waals surface area (Å²) in [6.07, 6.45) is 5.94. The van der Waals surface area contributed by atoms with Gasteiger partial charge in [-0.2, -0.15) is 0 Å². The first-order valence-corrected chi connectivity index (χ1v) is 9.69. The summed E-state index contributed by atoms with van der Waals surface area (Å²) in [6, 6.07) is 11.9. The van der Waals surface area contributed by atoms with E-state index in [1.807, 2.05) is 55.4 Å². The molecule has 1 saturated heterocycles. The SMILES string of the molecule is CC(Oc1ccc(Br)cc1)C(=O)N1CCCCCC1c1cccn1C.